The predicted octanol–water partition coefficient (Wildman–Crippen LogP) is 1.51. The molecule has 0 atom stereocenters. The molecule has 2 N–H and O–H groups in total. The van der Waals surface area contributed by atoms with Crippen LogP contribution in [0.1, 0.15) is 12.5 Å². The lowest BCUT2D eigenvalue weighted by Crippen LogP contribution is -1.98. The molecular formula is C10H13N3. The Morgan fingerprint density at radius 1 is 1.46 bits per heavy atom. The Kier molecular flexibility index (Phi) is 2.02. The predicted molar refractivity (Wildman–Crippen MR) is 53.3 cm³/mol. The van der Waals surface area contributed by atoms with Gasteiger partial charge in [0, 0.05) is 18.5 Å². The normalized spacial score (nSPS) is 10.9. The van der Waals surface area contributed by atoms with Crippen LogP contribution in [0, 0.1) is 0 Å². The van der Waals surface area contributed by atoms with Crippen LogP contribution in [0.5, 0.6) is 0 Å². The van der Waals surface area contributed by atoms with Crippen molar-refractivity contribution in [2.24, 2.45) is 5.73 Å². The molecule has 2 rings (SSSR count). The molecule has 3 nitrogen and oxygen atoms in total. The number of fused-ring (bicyclic) bond motifs is 1. The van der Waals surface area contributed by atoms with Crippen LogP contribution in [0.2, 0.25) is 0 Å². The average molecular weight is 175 g/mol. The number of aryl methyl sites for hydroxylation is 1. The van der Waals surface area contributed by atoms with E-state index in [0.29, 0.717) is 6.54 Å². The summed E-state index contributed by atoms with van der Waals surface area (Å²) < 4.78 is 1.98. The molecule has 0 spiro atoms. The summed E-state index contributed by atoms with van der Waals surface area (Å²) in [5, 5.41) is 5.46. The molecule has 0 fully saturated rings. The highest BCUT2D eigenvalue weighted by Gasteiger charge is 2.03. The molecule has 0 aliphatic heterocycles. The second-order valence-electron chi connectivity index (χ2n) is 3.01. The molecule has 0 aliphatic rings. The van der Waals surface area contributed by atoms with Crippen molar-refractivity contribution in [3.63, 3.8) is 0 Å². The van der Waals surface area contributed by atoms with Gasteiger partial charge in [-0.05, 0) is 18.6 Å². The minimum absolute atomic E-state index is 0.576. The molecule has 0 saturated heterocycles. The lowest BCUT2D eigenvalue weighted by Gasteiger charge is -2.00. The molecule has 0 unspecified atom stereocenters. The molecule has 1 aromatic carbocycles. The fourth-order valence-corrected chi connectivity index (χ4v) is 1.59. The van der Waals surface area contributed by atoms with Gasteiger partial charge in [0.05, 0.1) is 11.7 Å². The maximum Gasteiger partial charge on any atom is 0.0685 e. The van der Waals surface area contributed by atoms with E-state index in [0.717, 1.165) is 12.1 Å². The van der Waals surface area contributed by atoms with Crippen LogP contribution >= 0.6 is 0 Å². The highest BCUT2D eigenvalue weighted by molar-refractivity contribution is 5.82. The van der Waals surface area contributed by atoms with Gasteiger partial charge in [-0.1, -0.05) is 12.1 Å². The van der Waals surface area contributed by atoms with Crippen molar-refractivity contribution in [3.8, 4) is 0 Å². The summed E-state index contributed by atoms with van der Waals surface area (Å²) in [6.45, 7) is 3.56. The molecule has 0 aliphatic carbocycles. The molecule has 0 bridgehead atoms. The van der Waals surface area contributed by atoms with Gasteiger partial charge in [0.1, 0.15) is 0 Å². The van der Waals surface area contributed by atoms with Gasteiger partial charge in [-0.2, -0.15) is 5.10 Å². The maximum absolute atomic E-state index is 5.63. The number of nitrogens with zero attached hydrogens (tertiary/aromatic N) is 2. The Morgan fingerprint density at radius 3 is 3.00 bits per heavy atom. The van der Waals surface area contributed by atoms with Crippen molar-refractivity contribution in [1.82, 2.24) is 9.78 Å². The van der Waals surface area contributed by atoms with Gasteiger partial charge in [0.15, 0.2) is 0 Å². The van der Waals surface area contributed by atoms with E-state index in [1.165, 1.54) is 10.9 Å². The molecule has 0 amide bonds. The van der Waals surface area contributed by atoms with Gasteiger partial charge < -0.3 is 5.73 Å². The van der Waals surface area contributed by atoms with Crippen LogP contribution < -0.4 is 5.73 Å². The Balaban J connectivity index is 2.72. The fourth-order valence-electron chi connectivity index (χ4n) is 1.59. The highest BCUT2D eigenvalue weighted by Crippen LogP contribution is 2.17. The third-order valence-corrected chi connectivity index (χ3v) is 2.30. The van der Waals surface area contributed by atoms with Crippen molar-refractivity contribution < 1.29 is 0 Å². The first-order valence-electron chi connectivity index (χ1n) is 4.50. The second kappa shape index (κ2) is 3.18. The van der Waals surface area contributed by atoms with E-state index in [-0.39, 0.29) is 0 Å². The summed E-state index contributed by atoms with van der Waals surface area (Å²) in [5.41, 5.74) is 7.97. The summed E-state index contributed by atoms with van der Waals surface area (Å²) in [6.07, 6.45) is 1.89. The average Bonchev–Trinajstić information content (AvgIpc) is 2.60. The molecule has 1 heterocycles. The fraction of sp³-hybridized carbons (Fsp3) is 0.300. The third-order valence-electron chi connectivity index (χ3n) is 2.30. The van der Waals surface area contributed by atoms with E-state index in [9.17, 15) is 0 Å². The van der Waals surface area contributed by atoms with E-state index in [2.05, 4.69) is 18.1 Å². The topological polar surface area (TPSA) is 43.8 Å². The minimum Gasteiger partial charge on any atom is -0.326 e. The zero-order valence-corrected chi connectivity index (χ0v) is 7.70. The number of benzene rings is 1. The smallest absolute Gasteiger partial charge is 0.0685 e. The third kappa shape index (κ3) is 1.21. The summed E-state index contributed by atoms with van der Waals surface area (Å²) in [6, 6.07) is 6.15. The molecule has 2 aromatic rings. The highest BCUT2D eigenvalue weighted by atomic mass is 15.3. The summed E-state index contributed by atoms with van der Waals surface area (Å²) in [5.74, 6) is 0. The quantitative estimate of drug-likeness (QED) is 0.752. The van der Waals surface area contributed by atoms with Gasteiger partial charge >= 0.3 is 0 Å². The first-order chi connectivity index (χ1) is 6.36. The van der Waals surface area contributed by atoms with E-state index < -0.39 is 0 Å². The molecule has 3 heteroatoms. The number of hydrogen-bond acceptors (Lipinski definition) is 2. The summed E-state index contributed by atoms with van der Waals surface area (Å²) in [4.78, 5) is 0. The van der Waals surface area contributed by atoms with E-state index in [4.69, 9.17) is 5.73 Å². The summed E-state index contributed by atoms with van der Waals surface area (Å²) in [7, 11) is 0. The SMILES string of the molecule is CCn1ncc2c(CN)cccc21. The van der Waals surface area contributed by atoms with Crippen molar-refractivity contribution in [1.29, 1.82) is 0 Å². The first kappa shape index (κ1) is 8.26. The molecule has 68 valence electrons. The van der Waals surface area contributed by atoms with Gasteiger partial charge in [-0.15, -0.1) is 0 Å². The lowest BCUT2D eigenvalue weighted by molar-refractivity contribution is 0.684. The molecule has 13 heavy (non-hydrogen) atoms. The monoisotopic (exact) mass is 175 g/mol. The Hall–Kier alpha value is -1.35. The van der Waals surface area contributed by atoms with Gasteiger partial charge in [-0.25, -0.2) is 0 Å². The van der Waals surface area contributed by atoms with Crippen molar-refractivity contribution in [2.45, 2.75) is 20.0 Å². The molecule has 0 saturated carbocycles. The van der Waals surface area contributed by atoms with Gasteiger partial charge in [0.2, 0.25) is 0 Å². The number of aromatic nitrogens is 2. The minimum atomic E-state index is 0.576. The van der Waals surface area contributed by atoms with Crippen LogP contribution in [0.25, 0.3) is 10.9 Å². The van der Waals surface area contributed by atoms with E-state index in [1.54, 1.807) is 0 Å². The van der Waals surface area contributed by atoms with Crippen molar-refractivity contribution in [3.05, 3.63) is 30.0 Å². The van der Waals surface area contributed by atoms with Gasteiger partial charge in [0.25, 0.3) is 0 Å². The van der Waals surface area contributed by atoms with Crippen LogP contribution in [0.3, 0.4) is 0 Å². The summed E-state index contributed by atoms with van der Waals surface area (Å²) >= 11 is 0. The number of nitrogens with two attached hydrogens (primary N) is 1. The van der Waals surface area contributed by atoms with Crippen LogP contribution in [-0.4, -0.2) is 9.78 Å². The van der Waals surface area contributed by atoms with E-state index >= 15 is 0 Å². The Bertz CT molecular complexity index is 417. The van der Waals surface area contributed by atoms with E-state index in [1.807, 2.05) is 23.0 Å². The second-order valence-corrected chi connectivity index (χ2v) is 3.01. The van der Waals surface area contributed by atoms with Crippen molar-refractivity contribution in [2.75, 3.05) is 0 Å². The standard InChI is InChI=1S/C10H13N3/c1-2-13-10-5-3-4-8(6-11)9(10)7-12-13/h3-5,7H,2,6,11H2,1H3. The maximum atomic E-state index is 5.63. The zero-order chi connectivity index (χ0) is 9.26. The van der Waals surface area contributed by atoms with Crippen LogP contribution in [-0.2, 0) is 13.1 Å². The largest absolute Gasteiger partial charge is 0.326 e. The molecule has 0 radical (unpaired) electrons. The van der Waals surface area contributed by atoms with Crippen molar-refractivity contribution >= 4 is 10.9 Å². The molecule has 1 aromatic heterocycles. The van der Waals surface area contributed by atoms with Crippen LogP contribution in [0.15, 0.2) is 24.4 Å². The number of hydrogen-bond donors (Lipinski definition) is 1. The Morgan fingerprint density at radius 2 is 2.31 bits per heavy atom. The lowest BCUT2D eigenvalue weighted by atomic mass is 10.1. The van der Waals surface area contributed by atoms with Crippen LogP contribution in [0.4, 0.5) is 0 Å². The first-order valence-corrected chi connectivity index (χ1v) is 4.50. The van der Waals surface area contributed by atoms with Gasteiger partial charge in [-0.3, -0.25) is 4.68 Å². The molecular weight excluding hydrogens is 162 g/mol. The zero-order valence-electron chi connectivity index (χ0n) is 7.70. The Labute approximate surface area is 77.2 Å². The number of rotatable bonds is 2.